The summed E-state index contributed by atoms with van der Waals surface area (Å²) < 4.78 is 0. The van der Waals surface area contributed by atoms with Crippen LogP contribution >= 0.6 is 0 Å². The van der Waals surface area contributed by atoms with E-state index in [1.807, 2.05) is 0 Å². The molecule has 0 atom stereocenters. The van der Waals surface area contributed by atoms with Gasteiger partial charge in [-0.1, -0.05) is 13.2 Å². The van der Waals surface area contributed by atoms with Gasteiger partial charge in [0.05, 0.1) is 22.0 Å². The van der Waals surface area contributed by atoms with Crippen molar-refractivity contribution in [3.63, 3.8) is 0 Å². The fourth-order valence-corrected chi connectivity index (χ4v) is 0.354. The third kappa shape index (κ3) is 23.1. The maximum Gasteiger partial charge on any atom is 0.0776 e. The van der Waals surface area contributed by atoms with Crippen LogP contribution in [0, 0.1) is 0 Å². The summed E-state index contributed by atoms with van der Waals surface area (Å²) in [6, 6.07) is 0. The molecule has 0 unspecified atom stereocenters. The average Bonchev–Trinajstić information content (AvgIpc) is 1.75. The molecular formula is C2H13B3N2. The molecule has 0 heterocycles. The van der Waals surface area contributed by atoms with Crippen molar-refractivity contribution in [2.75, 3.05) is 0 Å². The van der Waals surface area contributed by atoms with Gasteiger partial charge in [0.1, 0.15) is 0 Å². The first-order valence-electron chi connectivity index (χ1n) is 2.75. The van der Waals surface area contributed by atoms with E-state index in [-0.39, 0.29) is 0 Å². The van der Waals surface area contributed by atoms with E-state index in [1.165, 1.54) is 20.6 Å². The second-order valence-electron chi connectivity index (χ2n) is 1.35. The largest absolute Gasteiger partial charge is 0.274 e. The minimum atomic E-state index is 1.34. The van der Waals surface area contributed by atoms with Crippen LogP contribution in [0.2, 0.25) is 6.32 Å². The molecule has 0 aliphatic heterocycles. The van der Waals surface area contributed by atoms with Crippen molar-refractivity contribution >= 4 is 22.0 Å². The van der Waals surface area contributed by atoms with Crippen molar-refractivity contribution in [1.82, 2.24) is 0 Å². The average molecular weight is 97.6 g/mol. The molecule has 0 bridgehead atoms. The first kappa shape index (κ1) is 10.2. The smallest absolute Gasteiger partial charge is 0.0776 e. The first-order valence-corrected chi connectivity index (χ1v) is 2.75. The molecule has 0 radical (unpaired) electrons. The normalized spacial score (nSPS) is 5.57. The van der Waals surface area contributed by atoms with E-state index < -0.39 is 0 Å². The topological polar surface area (TPSA) is 52.0 Å². The summed E-state index contributed by atoms with van der Waals surface area (Å²) in [5.41, 5.74) is 0. The molecule has 0 aromatic rings. The molecule has 0 aliphatic rings. The molecule has 0 aromatic heterocycles. The van der Waals surface area contributed by atoms with Gasteiger partial charge in [-0.05, 0) is 0 Å². The standard InChI is InChI=1S/C2H9B3.H4N2/c1-2-4-5-3;1-2/h4-5H,2-3H2,1H3;1-2H2. The Morgan fingerprint density at radius 2 is 2.00 bits per heavy atom. The lowest BCUT2D eigenvalue weighted by Crippen LogP contribution is -2.02. The maximum absolute atomic E-state index is 4.00. The number of hydrazine groups is 1. The molecule has 2 nitrogen and oxygen atoms in total. The summed E-state index contributed by atoms with van der Waals surface area (Å²) in [5.74, 6) is 8.00. The lowest BCUT2D eigenvalue weighted by Gasteiger charge is -1.72. The molecule has 0 saturated carbocycles. The van der Waals surface area contributed by atoms with E-state index in [4.69, 9.17) is 0 Å². The van der Waals surface area contributed by atoms with Crippen molar-refractivity contribution in [3.05, 3.63) is 0 Å². The molecule has 0 saturated heterocycles. The number of hydrogen-bond donors (Lipinski definition) is 2. The van der Waals surface area contributed by atoms with Gasteiger partial charge in [0.25, 0.3) is 0 Å². The van der Waals surface area contributed by atoms with E-state index in [0.29, 0.717) is 0 Å². The Hall–Kier alpha value is 0.115. The highest BCUT2D eigenvalue weighted by atomic mass is 15.0. The minimum absolute atomic E-state index is 1.34. The second-order valence-corrected chi connectivity index (χ2v) is 1.35. The molecule has 0 aliphatic carbocycles. The zero-order valence-corrected chi connectivity index (χ0v) is 5.28. The van der Waals surface area contributed by atoms with E-state index >= 15 is 0 Å². The van der Waals surface area contributed by atoms with Gasteiger partial charge < -0.3 is 0 Å². The predicted octanol–water partition coefficient (Wildman–Crippen LogP) is -2.42. The lowest BCUT2D eigenvalue weighted by atomic mass is 9.27. The highest BCUT2D eigenvalue weighted by molar-refractivity contribution is 7.23. The number of hydrogen-bond acceptors (Lipinski definition) is 2. The summed E-state index contributed by atoms with van der Waals surface area (Å²) in [6.07, 6.45) is 1.34. The van der Waals surface area contributed by atoms with E-state index in [1.54, 1.807) is 0 Å². The molecule has 0 aromatic carbocycles. The van der Waals surface area contributed by atoms with Crippen LogP contribution in [0.15, 0.2) is 0 Å². The van der Waals surface area contributed by atoms with E-state index in [0.717, 1.165) is 0 Å². The molecule has 4 N–H and O–H groups in total. The van der Waals surface area contributed by atoms with Crippen LogP contribution in [0.4, 0.5) is 0 Å². The summed E-state index contributed by atoms with van der Waals surface area (Å²) in [5, 5.41) is 0. The van der Waals surface area contributed by atoms with Gasteiger partial charge in [-0.15, -0.1) is 0 Å². The van der Waals surface area contributed by atoms with Gasteiger partial charge in [0.2, 0.25) is 0 Å². The lowest BCUT2D eigenvalue weighted by molar-refractivity contribution is 1.26. The summed E-state index contributed by atoms with van der Waals surface area (Å²) in [6.45, 7) is 2.21. The third-order valence-electron chi connectivity index (χ3n) is 0.707. The van der Waals surface area contributed by atoms with E-state index in [2.05, 4.69) is 26.3 Å². The fraction of sp³-hybridized carbons (Fsp3) is 1.00. The van der Waals surface area contributed by atoms with Crippen LogP contribution in [0.5, 0.6) is 0 Å². The van der Waals surface area contributed by atoms with Crippen LogP contribution in [0.25, 0.3) is 0 Å². The Morgan fingerprint density at radius 3 is 2.00 bits per heavy atom. The van der Waals surface area contributed by atoms with Gasteiger partial charge in [0.15, 0.2) is 0 Å². The van der Waals surface area contributed by atoms with Crippen LogP contribution in [0.1, 0.15) is 6.92 Å². The predicted molar refractivity (Wildman–Crippen MR) is 41.7 cm³/mol. The minimum Gasteiger partial charge on any atom is -0.274 e. The zero-order valence-electron chi connectivity index (χ0n) is 5.28. The molecule has 0 fully saturated rings. The molecule has 40 valence electrons. The summed E-state index contributed by atoms with van der Waals surface area (Å²) >= 11 is 0. The molecule has 7 heavy (non-hydrogen) atoms. The Balaban J connectivity index is 0. The maximum atomic E-state index is 4.00. The van der Waals surface area contributed by atoms with Gasteiger partial charge in [-0.2, -0.15) is 0 Å². The van der Waals surface area contributed by atoms with Crippen molar-refractivity contribution in [3.8, 4) is 0 Å². The molecule has 0 amide bonds. The Bertz CT molecular complexity index is 18.4. The van der Waals surface area contributed by atoms with Gasteiger partial charge in [-0.3, -0.25) is 11.7 Å². The number of nitrogens with two attached hydrogens (primary N) is 2. The zero-order chi connectivity index (χ0) is 6.12. The SMILES string of the molecule is BBBCC.NN. The molecule has 0 rings (SSSR count). The van der Waals surface area contributed by atoms with Crippen molar-refractivity contribution in [2.24, 2.45) is 11.7 Å². The van der Waals surface area contributed by atoms with Crippen LogP contribution in [-0.2, 0) is 0 Å². The Morgan fingerprint density at radius 1 is 1.57 bits per heavy atom. The van der Waals surface area contributed by atoms with Crippen molar-refractivity contribution in [1.29, 1.82) is 0 Å². The van der Waals surface area contributed by atoms with E-state index in [9.17, 15) is 0 Å². The quantitative estimate of drug-likeness (QED) is 0.229. The third-order valence-corrected chi connectivity index (χ3v) is 0.707. The molecule has 0 spiro atoms. The summed E-state index contributed by atoms with van der Waals surface area (Å²) in [7, 11) is 4.94. The second kappa shape index (κ2) is 16.5. The first-order chi connectivity index (χ1) is 3.41. The molecule has 5 heteroatoms. The monoisotopic (exact) mass is 98.1 g/mol. The van der Waals surface area contributed by atoms with Crippen LogP contribution < -0.4 is 11.7 Å². The Labute approximate surface area is 47.9 Å². The van der Waals surface area contributed by atoms with Crippen LogP contribution in [-0.4, -0.2) is 22.0 Å². The Kier molecular flexibility index (Phi) is 24.0. The van der Waals surface area contributed by atoms with Gasteiger partial charge in [0, 0.05) is 0 Å². The number of rotatable bonds is 2. The van der Waals surface area contributed by atoms with Crippen molar-refractivity contribution < 1.29 is 0 Å². The van der Waals surface area contributed by atoms with Gasteiger partial charge >= 0.3 is 0 Å². The van der Waals surface area contributed by atoms with Crippen molar-refractivity contribution in [2.45, 2.75) is 13.2 Å². The highest BCUT2D eigenvalue weighted by Crippen LogP contribution is 1.63. The van der Waals surface area contributed by atoms with Gasteiger partial charge in [-0.25, -0.2) is 0 Å². The molecular weight excluding hydrogens is 84.5 g/mol. The summed E-state index contributed by atoms with van der Waals surface area (Å²) in [4.78, 5) is 0. The highest BCUT2D eigenvalue weighted by Gasteiger charge is 1.75. The fourth-order valence-electron chi connectivity index (χ4n) is 0.354. The van der Waals surface area contributed by atoms with Crippen LogP contribution in [0.3, 0.4) is 0 Å².